The van der Waals surface area contributed by atoms with E-state index in [0.29, 0.717) is 12.0 Å². The summed E-state index contributed by atoms with van der Waals surface area (Å²) in [5.41, 5.74) is 1.36. The number of rotatable bonds is 5. The summed E-state index contributed by atoms with van der Waals surface area (Å²) < 4.78 is 13.7. The van der Waals surface area contributed by atoms with Gasteiger partial charge in [0, 0.05) is 19.2 Å². The number of hydrogen-bond acceptors (Lipinski definition) is 2. The van der Waals surface area contributed by atoms with Crippen LogP contribution in [0.2, 0.25) is 0 Å². The Morgan fingerprint density at radius 1 is 1.18 bits per heavy atom. The van der Waals surface area contributed by atoms with E-state index in [1.54, 1.807) is 12.1 Å². The lowest BCUT2D eigenvalue weighted by molar-refractivity contribution is 0.112. The van der Waals surface area contributed by atoms with Crippen LogP contribution in [0.3, 0.4) is 0 Å². The third-order valence-corrected chi connectivity index (χ3v) is 3.40. The second kappa shape index (κ2) is 7.50. The Labute approximate surface area is 130 Å². The molecule has 0 heterocycles. The number of amidine groups is 1. The van der Waals surface area contributed by atoms with Gasteiger partial charge in [-0.3, -0.25) is 4.79 Å². The van der Waals surface area contributed by atoms with E-state index in [9.17, 15) is 9.18 Å². The Morgan fingerprint density at radius 2 is 1.91 bits per heavy atom. The van der Waals surface area contributed by atoms with Crippen LogP contribution in [-0.2, 0) is 0 Å². The van der Waals surface area contributed by atoms with E-state index in [0.717, 1.165) is 24.4 Å². The molecular weight excluding hydrogens is 279 g/mol. The highest BCUT2D eigenvalue weighted by molar-refractivity contribution is 6.00. The molecule has 22 heavy (non-hydrogen) atoms. The number of halogens is 1. The number of aliphatic imine (C=N–C) groups is 1. The number of nitrogens with zero attached hydrogens (tertiary/aromatic N) is 2. The van der Waals surface area contributed by atoms with Crippen LogP contribution < -0.4 is 4.90 Å². The van der Waals surface area contributed by atoms with Crippen LogP contribution in [0.5, 0.6) is 0 Å². The summed E-state index contributed by atoms with van der Waals surface area (Å²) in [6, 6.07) is 14.3. The van der Waals surface area contributed by atoms with Crippen molar-refractivity contribution in [1.29, 1.82) is 0 Å². The maximum atomic E-state index is 13.7. The molecule has 0 aliphatic heterocycles. The largest absolute Gasteiger partial charge is 0.333 e. The van der Waals surface area contributed by atoms with Crippen molar-refractivity contribution in [3.8, 4) is 0 Å². The number of carbonyl (C=O) groups is 1. The highest BCUT2D eigenvalue weighted by Gasteiger charge is 2.11. The average Bonchev–Trinajstić information content (AvgIpc) is 2.55. The summed E-state index contributed by atoms with van der Waals surface area (Å²) in [4.78, 5) is 17.6. The van der Waals surface area contributed by atoms with Crippen LogP contribution in [0, 0.1) is 5.82 Å². The standard InChI is InChI=1S/C18H19FN2O/c1-3-8-18(21(2)14-9-5-4-6-10-14)20-17-12-7-11-16(19)15(17)13-22/h4-7,9-13H,3,8H2,1-2H3/b20-18-. The Bertz CT molecular complexity index is 668. The molecule has 0 spiro atoms. The van der Waals surface area contributed by atoms with Crippen LogP contribution in [-0.4, -0.2) is 19.2 Å². The second-order valence-corrected chi connectivity index (χ2v) is 4.96. The first-order valence-corrected chi connectivity index (χ1v) is 7.27. The van der Waals surface area contributed by atoms with Gasteiger partial charge >= 0.3 is 0 Å². The smallest absolute Gasteiger partial charge is 0.155 e. The summed E-state index contributed by atoms with van der Waals surface area (Å²) in [5.74, 6) is 0.247. The van der Waals surface area contributed by atoms with Gasteiger partial charge in [-0.25, -0.2) is 9.38 Å². The molecule has 3 nitrogen and oxygen atoms in total. The first-order valence-electron chi connectivity index (χ1n) is 7.27. The minimum atomic E-state index is -0.547. The SMILES string of the molecule is CCC/C(=N/c1cccc(F)c1C=O)N(C)c1ccccc1. The lowest BCUT2D eigenvalue weighted by Gasteiger charge is -2.21. The fourth-order valence-corrected chi connectivity index (χ4v) is 2.20. The van der Waals surface area contributed by atoms with E-state index < -0.39 is 5.82 Å². The lowest BCUT2D eigenvalue weighted by Crippen LogP contribution is -2.26. The van der Waals surface area contributed by atoms with Gasteiger partial charge in [-0.05, 0) is 30.7 Å². The fraction of sp³-hybridized carbons (Fsp3) is 0.222. The van der Waals surface area contributed by atoms with E-state index in [1.807, 2.05) is 42.3 Å². The predicted molar refractivity (Wildman–Crippen MR) is 88.6 cm³/mol. The van der Waals surface area contributed by atoms with Crippen molar-refractivity contribution in [1.82, 2.24) is 0 Å². The molecule has 0 aliphatic carbocycles. The molecule has 0 atom stereocenters. The molecule has 0 unspecified atom stereocenters. The molecule has 4 heteroatoms. The third-order valence-electron chi connectivity index (χ3n) is 3.40. The summed E-state index contributed by atoms with van der Waals surface area (Å²) in [6.45, 7) is 2.06. The first kappa shape index (κ1) is 15.9. The van der Waals surface area contributed by atoms with Crippen molar-refractivity contribution in [3.05, 3.63) is 59.9 Å². The molecular formula is C18H19FN2O. The van der Waals surface area contributed by atoms with E-state index >= 15 is 0 Å². The van der Waals surface area contributed by atoms with Gasteiger partial charge in [-0.2, -0.15) is 0 Å². The Morgan fingerprint density at radius 3 is 2.55 bits per heavy atom. The molecule has 0 saturated heterocycles. The monoisotopic (exact) mass is 298 g/mol. The molecule has 0 radical (unpaired) electrons. The number of anilines is 1. The van der Waals surface area contributed by atoms with Crippen molar-refractivity contribution >= 4 is 23.5 Å². The highest BCUT2D eigenvalue weighted by atomic mass is 19.1. The summed E-state index contributed by atoms with van der Waals surface area (Å²) in [6.07, 6.45) is 2.15. The molecule has 0 aromatic heterocycles. The zero-order chi connectivity index (χ0) is 15.9. The molecule has 0 aliphatic rings. The molecule has 0 amide bonds. The number of aldehydes is 1. The van der Waals surface area contributed by atoms with Gasteiger partial charge in [0.1, 0.15) is 11.7 Å². The van der Waals surface area contributed by atoms with Gasteiger partial charge < -0.3 is 4.90 Å². The second-order valence-electron chi connectivity index (χ2n) is 4.96. The molecule has 0 saturated carbocycles. The predicted octanol–water partition coefficient (Wildman–Crippen LogP) is 4.60. The molecule has 0 bridgehead atoms. The Balaban J connectivity index is 2.44. The number of hydrogen-bond donors (Lipinski definition) is 0. The van der Waals surface area contributed by atoms with Crippen molar-refractivity contribution in [2.75, 3.05) is 11.9 Å². The van der Waals surface area contributed by atoms with E-state index in [1.165, 1.54) is 6.07 Å². The molecule has 114 valence electrons. The topological polar surface area (TPSA) is 32.7 Å². The van der Waals surface area contributed by atoms with Gasteiger partial charge in [0.05, 0.1) is 11.3 Å². The summed E-state index contributed by atoms with van der Waals surface area (Å²) >= 11 is 0. The van der Waals surface area contributed by atoms with Crippen molar-refractivity contribution in [2.45, 2.75) is 19.8 Å². The van der Waals surface area contributed by atoms with Crippen LogP contribution in [0.4, 0.5) is 15.8 Å². The van der Waals surface area contributed by atoms with E-state index in [-0.39, 0.29) is 5.56 Å². The molecule has 0 fully saturated rings. The summed E-state index contributed by atoms with van der Waals surface area (Å²) in [7, 11) is 1.92. The van der Waals surface area contributed by atoms with Crippen molar-refractivity contribution < 1.29 is 9.18 Å². The molecule has 0 N–H and O–H groups in total. The van der Waals surface area contributed by atoms with Gasteiger partial charge in [0.2, 0.25) is 0 Å². The molecule has 2 aromatic rings. The number of para-hydroxylation sites is 1. The van der Waals surface area contributed by atoms with Gasteiger partial charge in [-0.15, -0.1) is 0 Å². The van der Waals surface area contributed by atoms with Crippen molar-refractivity contribution in [2.24, 2.45) is 4.99 Å². The van der Waals surface area contributed by atoms with E-state index in [2.05, 4.69) is 11.9 Å². The minimum absolute atomic E-state index is 0.00225. The Hall–Kier alpha value is -2.49. The van der Waals surface area contributed by atoms with Gasteiger partial charge in [0.15, 0.2) is 6.29 Å². The fourth-order valence-electron chi connectivity index (χ4n) is 2.20. The molecule has 2 rings (SSSR count). The van der Waals surface area contributed by atoms with E-state index in [4.69, 9.17) is 0 Å². The lowest BCUT2D eigenvalue weighted by atomic mass is 10.2. The maximum Gasteiger partial charge on any atom is 0.155 e. The van der Waals surface area contributed by atoms with Crippen molar-refractivity contribution in [3.63, 3.8) is 0 Å². The first-order chi connectivity index (χ1) is 10.7. The van der Waals surface area contributed by atoms with Gasteiger partial charge in [-0.1, -0.05) is 31.2 Å². The maximum absolute atomic E-state index is 13.7. The minimum Gasteiger partial charge on any atom is -0.333 e. The Kier molecular flexibility index (Phi) is 5.42. The normalized spacial score (nSPS) is 11.3. The third kappa shape index (κ3) is 3.58. The van der Waals surface area contributed by atoms with Gasteiger partial charge in [0.25, 0.3) is 0 Å². The summed E-state index contributed by atoms with van der Waals surface area (Å²) in [5, 5.41) is 0. The molecule has 2 aromatic carbocycles. The van der Waals surface area contributed by atoms with Crippen LogP contribution in [0.15, 0.2) is 53.5 Å². The zero-order valence-electron chi connectivity index (χ0n) is 12.8. The van der Waals surface area contributed by atoms with Crippen LogP contribution in [0.25, 0.3) is 0 Å². The highest BCUT2D eigenvalue weighted by Crippen LogP contribution is 2.23. The number of carbonyl (C=O) groups excluding carboxylic acids is 1. The van der Waals surface area contributed by atoms with Crippen LogP contribution >= 0.6 is 0 Å². The quantitative estimate of drug-likeness (QED) is 0.459. The average molecular weight is 298 g/mol. The zero-order valence-corrected chi connectivity index (χ0v) is 12.8. The number of benzene rings is 2. The van der Waals surface area contributed by atoms with Crippen LogP contribution in [0.1, 0.15) is 30.1 Å².